The van der Waals surface area contributed by atoms with E-state index in [9.17, 15) is 5.11 Å². The van der Waals surface area contributed by atoms with Crippen molar-refractivity contribution in [3.05, 3.63) is 12.7 Å². The van der Waals surface area contributed by atoms with Gasteiger partial charge in [-0.15, -0.1) is 6.58 Å². The first-order valence-electron chi connectivity index (χ1n) is 6.80. The molecule has 0 aromatic rings. The molecule has 0 amide bonds. The van der Waals surface area contributed by atoms with Gasteiger partial charge in [0, 0.05) is 19.2 Å². The minimum atomic E-state index is -0.409. The Morgan fingerprint density at radius 1 is 1.35 bits per heavy atom. The lowest BCUT2D eigenvalue weighted by molar-refractivity contribution is 0.0344. The summed E-state index contributed by atoms with van der Waals surface area (Å²) in [5.74, 6) is 0. The molecule has 2 N–H and O–H groups in total. The van der Waals surface area contributed by atoms with Crippen LogP contribution in [0.15, 0.2) is 12.7 Å². The minimum absolute atomic E-state index is 0.367. The van der Waals surface area contributed by atoms with Crippen LogP contribution >= 0.6 is 0 Å². The first kappa shape index (κ1) is 16.6. The molecule has 0 aromatic heterocycles. The Labute approximate surface area is 106 Å². The van der Waals surface area contributed by atoms with Gasteiger partial charge in [-0.2, -0.15) is 0 Å². The van der Waals surface area contributed by atoms with Gasteiger partial charge in [0.1, 0.15) is 0 Å². The van der Waals surface area contributed by atoms with E-state index < -0.39 is 6.10 Å². The second-order valence-corrected chi connectivity index (χ2v) is 4.62. The third-order valence-corrected chi connectivity index (χ3v) is 2.67. The highest BCUT2D eigenvalue weighted by atomic mass is 16.5. The fourth-order valence-electron chi connectivity index (χ4n) is 1.58. The Balaban J connectivity index is 3.28. The van der Waals surface area contributed by atoms with E-state index >= 15 is 0 Å². The number of aliphatic hydroxyl groups excluding tert-OH is 1. The molecule has 0 aliphatic heterocycles. The van der Waals surface area contributed by atoms with Crippen LogP contribution in [0, 0.1) is 0 Å². The van der Waals surface area contributed by atoms with Gasteiger partial charge in [-0.1, -0.05) is 32.3 Å². The molecule has 102 valence electrons. The number of aliphatic hydroxyl groups is 1. The summed E-state index contributed by atoms with van der Waals surface area (Å²) in [5.41, 5.74) is 0. The van der Waals surface area contributed by atoms with Gasteiger partial charge in [0.25, 0.3) is 0 Å². The molecule has 3 heteroatoms. The van der Waals surface area contributed by atoms with Crippen LogP contribution in [-0.2, 0) is 4.74 Å². The SMILES string of the molecule is C=CCC(C)NCC(O)COCCCCCC. The van der Waals surface area contributed by atoms with Gasteiger partial charge in [0.05, 0.1) is 12.7 Å². The number of nitrogens with one attached hydrogen (secondary N) is 1. The molecule has 0 bridgehead atoms. The lowest BCUT2D eigenvalue weighted by Gasteiger charge is -2.16. The Morgan fingerprint density at radius 2 is 2.12 bits per heavy atom. The molecular formula is C14H29NO2. The quantitative estimate of drug-likeness (QED) is 0.409. The summed E-state index contributed by atoms with van der Waals surface area (Å²) in [6.45, 7) is 9.75. The van der Waals surface area contributed by atoms with Gasteiger partial charge in [-0.05, 0) is 19.8 Å². The van der Waals surface area contributed by atoms with Crippen molar-refractivity contribution in [1.29, 1.82) is 0 Å². The van der Waals surface area contributed by atoms with E-state index in [1.54, 1.807) is 0 Å². The number of rotatable bonds is 12. The summed E-state index contributed by atoms with van der Waals surface area (Å²) in [7, 11) is 0. The highest BCUT2D eigenvalue weighted by Gasteiger charge is 2.06. The number of hydrogen-bond donors (Lipinski definition) is 2. The topological polar surface area (TPSA) is 41.5 Å². The van der Waals surface area contributed by atoms with E-state index in [1.165, 1.54) is 19.3 Å². The van der Waals surface area contributed by atoms with E-state index in [4.69, 9.17) is 4.74 Å². The second kappa shape index (κ2) is 12.1. The van der Waals surface area contributed by atoms with Crippen molar-refractivity contribution in [3.8, 4) is 0 Å². The largest absolute Gasteiger partial charge is 0.389 e. The van der Waals surface area contributed by atoms with E-state index in [0.717, 1.165) is 19.4 Å². The standard InChI is InChI=1S/C14H29NO2/c1-4-6-7-8-10-17-12-14(16)11-15-13(3)9-5-2/h5,13-16H,2,4,6-12H2,1,3H3. The zero-order chi connectivity index (χ0) is 12.9. The van der Waals surface area contributed by atoms with Crippen molar-refractivity contribution in [2.24, 2.45) is 0 Å². The zero-order valence-electron chi connectivity index (χ0n) is 11.5. The molecule has 17 heavy (non-hydrogen) atoms. The van der Waals surface area contributed by atoms with Crippen LogP contribution in [0.4, 0.5) is 0 Å². The molecule has 0 aliphatic rings. The molecule has 0 spiro atoms. The normalized spacial score (nSPS) is 14.5. The van der Waals surface area contributed by atoms with Crippen LogP contribution in [-0.4, -0.2) is 37.0 Å². The van der Waals surface area contributed by atoms with Crippen molar-refractivity contribution in [2.75, 3.05) is 19.8 Å². The summed E-state index contributed by atoms with van der Waals surface area (Å²) in [5, 5.41) is 12.9. The summed E-state index contributed by atoms with van der Waals surface area (Å²) in [6, 6.07) is 0.367. The molecule has 0 saturated carbocycles. The maximum atomic E-state index is 9.66. The third kappa shape index (κ3) is 11.9. The predicted octanol–water partition coefficient (Wildman–Crippen LogP) is 2.50. The number of unbranched alkanes of at least 4 members (excludes halogenated alkanes) is 3. The average Bonchev–Trinajstić information content (AvgIpc) is 2.31. The fraction of sp³-hybridized carbons (Fsp3) is 0.857. The smallest absolute Gasteiger partial charge is 0.0897 e. The number of ether oxygens (including phenoxy) is 1. The predicted molar refractivity (Wildman–Crippen MR) is 73.2 cm³/mol. The van der Waals surface area contributed by atoms with Crippen molar-refractivity contribution in [2.45, 2.75) is 58.1 Å². The Kier molecular flexibility index (Phi) is 11.8. The van der Waals surface area contributed by atoms with Gasteiger partial charge in [0.15, 0.2) is 0 Å². The monoisotopic (exact) mass is 243 g/mol. The zero-order valence-corrected chi connectivity index (χ0v) is 11.5. The molecule has 2 atom stereocenters. The molecule has 0 aromatic carbocycles. The molecule has 0 saturated heterocycles. The molecular weight excluding hydrogens is 214 g/mol. The fourth-order valence-corrected chi connectivity index (χ4v) is 1.58. The average molecular weight is 243 g/mol. The Morgan fingerprint density at radius 3 is 2.76 bits per heavy atom. The van der Waals surface area contributed by atoms with Crippen molar-refractivity contribution in [1.82, 2.24) is 5.32 Å². The van der Waals surface area contributed by atoms with E-state index in [0.29, 0.717) is 19.2 Å². The lowest BCUT2D eigenvalue weighted by atomic mass is 10.2. The molecule has 3 nitrogen and oxygen atoms in total. The van der Waals surface area contributed by atoms with Crippen LogP contribution in [0.5, 0.6) is 0 Å². The van der Waals surface area contributed by atoms with E-state index in [1.807, 2.05) is 6.08 Å². The first-order valence-corrected chi connectivity index (χ1v) is 6.80. The van der Waals surface area contributed by atoms with Gasteiger partial charge in [-0.3, -0.25) is 0 Å². The highest BCUT2D eigenvalue weighted by molar-refractivity contribution is 4.75. The number of hydrogen-bond acceptors (Lipinski definition) is 3. The maximum Gasteiger partial charge on any atom is 0.0897 e. The maximum absolute atomic E-state index is 9.66. The summed E-state index contributed by atoms with van der Waals surface area (Å²) in [4.78, 5) is 0. The van der Waals surface area contributed by atoms with Gasteiger partial charge >= 0.3 is 0 Å². The Hall–Kier alpha value is -0.380. The highest BCUT2D eigenvalue weighted by Crippen LogP contribution is 1.99. The molecule has 0 rings (SSSR count). The molecule has 0 heterocycles. The van der Waals surface area contributed by atoms with Gasteiger partial charge in [-0.25, -0.2) is 0 Å². The van der Waals surface area contributed by atoms with Crippen LogP contribution < -0.4 is 5.32 Å². The molecule has 0 aliphatic carbocycles. The van der Waals surface area contributed by atoms with Gasteiger partial charge < -0.3 is 15.2 Å². The summed E-state index contributed by atoms with van der Waals surface area (Å²) in [6.07, 6.45) is 7.23. The molecule has 2 unspecified atom stereocenters. The van der Waals surface area contributed by atoms with Crippen LogP contribution in [0.2, 0.25) is 0 Å². The van der Waals surface area contributed by atoms with Crippen molar-refractivity contribution < 1.29 is 9.84 Å². The lowest BCUT2D eigenvalue weighted by Crippen LogP contribution is -2.35. The van der Waals surface area contributed by atoms with Crippen molar-refractivity contribution >= 4 is 0 Å². The first-order chi connectivity index (χ1) is 8.20. The Bertz CT molecular complexity index is 174. The molecule has 0 fully saturated rings. The van der Waals surface area contributed by atoms with E-state index in [2.05, 4.69) is 25.7 Å². The van der Waals surface area contributed by atoms with Crippen LogP contribution in [0.3, 0.4) is 0 Å². The summed E-state index contributed by atoms with van der Waals surface area (Å²) >= 11 is 0. The minimum Gasteiger partial charge on any atom is -0.389 e. The van der Waals surface area contributed by atoms with Gasteiger partial charge in [0.2, 0.25) is 0 Å². The summed E-state index contributed by atoms with van der Waals surface area (Å²) < 4.78 is 5.42. The second-order valence-electron chi connectivity index (χ2n) is 4.62. The van der Waals surface area contributed by atoms with Crippen LogP contribution in [0.25, 0.3) is 0 Å². The van der Waals surface area contributed by atoms with Crippen molar-refractivity contribution in [3.63, 3.8) is 0 Å². The van der Waals surface area contributed by atoms with E-state index in [-0.39, 0.29) is 0 Å². The molecule has 0 radical (unpaired) electrons. The van der Waals surface area contributed by atoms with Crippen LogP contribution in [0.1, 0.15) is 46.0 Å². The third-order valence-electron chi connectivity index (χ3n) is 2.67.